The lowest BCUT2D eigenvalue weighted by molar-refractivity contribution is 0.165. The van der Waals surface area contributed by atoms with Gasteiger partial charge in [0, 0.05) is 63.0 Å². The zero-order valence-electron chi connectivity index (χ0n) is 33.9. The van der Waals surface area contributed by atoms with E-state index in [9.17, 15) is 0 Å². The average molecular weight is 725 g/mol. The Morgan fingerprint density at radius 1 is 0.820 bits per heavy atom. The number of nitrogen functional groups attached to an aromatic ring is 1. The van der Waals surface area contributed by atoms with Gasteiger partial charge in [0.2, 0.25) is 0 Å². The second-order valence-corrected chi connectivity index (χ2v) is 11.9. The van der Waals surface area contributed by atoms with E-state index in [0.29, 0.717) is 23.4 Å². The molecule has 0 unspecified atom stereocenters. The summed E-state index contributed by atoms with van der Waals surface area (Å²) < 4.78 is 3.21. The summed E-state index contributed by atoms with van der Waals surface area (Å²) in [7, 11) is 3.57. The summed E-state index contributed by atoms with van der Waals surface area (Å²) in [5.41, 5.74) is 25.1. The van der Waals surface area contributed by atoms with Gasteiger partial charge in [-0.15, -0.1) is 0 Å². The number of hydroxylamine groups is 1. The normalized spacial score (nSPS) is 10.8. The number of hydrogen-bond donors (Lipinski definition) is 10. The van der Waals surface area contributed by atoms with Gasteiger partial charge in [-0.3, -0.25) is 35.8 Å². The minimum absolute atomic E-state index is 0. The lowest BCUT2D eigenvalue weighted by atomic mass is 9.92. The van der Waals surface area contributed by atoms with Gasteiger partial charge in [0.1, 0.15) is 17.5 Å². The van der Waals surface area contributed by atoms with Crippen molar-refractivity contribution in [2.45, 2.75) is 139 Å². The summed E-state index contributed by atoms with van der Waals surface area (Å²) in [4.78, 5) is 0. The Bertz CT molecular complexity index is 1120. The van der Waals surface area contributed by atoms with Crippen LogP contribution in [0.4, 0.5) is 17.5 Å². The Balaban J connectivity index is -0.0000000651. The zero-order valence-corrected chi connectivity index (χ0v) is 33.9. The molecule has 0 spiro atoms. The Labute approximate surface area is 311 Å². The minimum atomic E-state index is 0. The largest absolute Gasteiger partial charge is 0.382 e. The van der Waals surface area contributed by atoms with Crippen LogP contribution in [0.3, 0.4) is 0 Å². The highest BCUT2D eigenvalue weighted by Crippen LogP contribution is 2.39. The Kier molecular flexibility index (Phi) is 38.2. The standard InChI is InChI=1S/C7H11N3O.C7H13N3.C5H9N3O.C4H11NO.2C4H11N.2C2H6.5H2/c1-10-7(9-11)4-6(8-10)5-2-3-5;1-7(2,3)5-4-6(8)10-9-5;1-4-3-5(7-9)8(2)6-4;1-2-3-4-5-6;2*1-2-3-4-5;2*1-2;;;;;/h4-5,9,11H,2-3H2,1H3;4H,1-3H3,(H3,8,9,10);3,7,9H,1-2H3;5-6H,2-4H2,1H3;2*2-5H2,1H3;2*1-2H3;5*1H. The molecule has 0 aliphatic heterocycles. The van der Waals surface area contributed by atoms with Crippen LogP contribution in [0, 0.1) is 6.92 Å². The third kappa shape index (κ3) is 29.7. The molecule has 3 aromatic rings. The van der Waals surface area contributed by atoms with E-state index in [1.165, 1.54) is 38.5 Å². The fraction of sp³-hybridized carbons (Fsp3) is 0.743. The van der Waals surface area contributed by atoms with Crippen LogP contribution in [0.5, 0.6) is 0 Å². The van der Waals surface area contributed by atoms with Gasteiger partial charge < -0.3 is 22.4 Å². The fourth-order valence-corrected chi connectivity index (χ4v) is 3.27. The number of anilines is 3. The van der Waals surface area contributed by atoms with Gasteiger partial charge in [-0.05, 0) is 52.1 Å². The molecule has 0 bridgehead atoms. The van der Waals surface area contributed by atoms with Crippen molar-refractivity contribution in [1.82, 2.24) is 35.2 Å². The molecule has 3 heterocycles. The van der Waals surface area contributed by atoms with E-state index in [2.05, 4.69) is 72.9 Å². The van der Waals surface area contributed by atoms with E-state index in [1.807, 2.05) is 59.3 Å². The van der Waals surface area contributed by atoms with E-state index < -0.39 is 0 Å². The minimum Gasteiger partial charge on any atom is -0.382 e. The van der Waals surface area contributed by atoms with Gasteiger partial charge in [-0.2, -0.15) is 15.3 Å². The molecule has 4 rings (SSSR count). The number of aromatic amines is 1. The van der Waals surface area contributed by atoms with Gasteiger partial charge in [0.15, 0.2) is 0 Å². The van der Waals surface area contributed by atoms with Crippen molar-refractivity contribution in [3.05, 3.63) is 35.3 Å². The summed E-state index contributed by atoms with van der Waals surface area (Å²) in [5, 5.41) is 39.9. The molecule has 15 nitrogen and oxygen atoms in total. The number of unbranched alkanes of at least 4 members (excludes halogenated alkanes) is 3. The summed E-state index contributed by atoms with van der Waals surface area (Å²) in [6.45, 7) is 24.9. The van der Waals surface area contributed by atoms with Crippen molar-refractivity contribution < 1.29 is 22.8 Å². The fourth-order valence-electron chi connectivity index (χ4n) is 3.27. The molecule has 50 heavy (non-hydrogen) atoms. The smallest absolute Gasteiger partial charge is 0.147 e. The zero-order chi connectivity index (χ0) is 39.5. The summed E-state index contributed by atoms with van der Waals surface area (Å²) in [5.74, 6) is 2.47. The highest BCUT2D eigenvalue weighted by atomic mass is 16.5. The third-order valence-corrected chi connectivity index (χ3v) is 6.29. The van der Waals surface area contributed by atoms with Crippen molar-refractivity contribution in [1.29, 1.82) is 0 Å². The Morgan fingerprint density at radius 3 is 1.48 bits per heavy atom. The topological polar surface area (TPSA) is 239 Å². The van der Waals surface area contributed by atoms with Gasteiger partial charge >= 0.3 is 0 Å². The third-order valence-electron chi connectivity index (χ3n) is 6.29. The van der Waals surface area contributed by atoms with E-state index in [4.69, 9.17) is 32.8 Å². The van der Waals surface area contributed by atoms with Gasteiger partial charge in [0.05, 0.1) is 11.4 Å². The van der Waals surface area contributed by atoms with Crippen LogP contribution in [-0.4, -0.2) is 65.0 Å². The monoisotopic (exact) mass is 725 g/mol. The van der Waals surface area contributed by atoms with Crippen LogP contribution in [0.25, 0.3) is 0 Å². The van der Waals surface area contributed by atoms with E-state index in [1.54, 1.807) is 22.5 Å². The van der Waals surface area contributed by atoms with Gasteiger partial charge in [0.25, 0.3) is 0 Å². The molecular weight excluding hydrogens is 636 g/mol. The average Bonchev–Trinajstić information content (AvgIpc) is 3.60. The number of aromatic nitrogens is 6. The lowest BCUT2D eigenvalue weighted by Crippen LogP contribution is -2.11. The highest BCUT2D eigenvalue weighted by Gasteiger charge is 2.26. The van der Waals surface area contributed by atoms with Gasteiger partial charge in [-0.25, -0.2) is 5.48 Å². The van der Waals surface area contributed by atoms with Crippen molar-refractivity contribution in [2.24, 2.45) is 25.6 Å². The summed E-state index contributed by atoms with van der Waals surface area (Å²) in [6, 6.07) is 5.50. The van der Waals surface area contributed by atoms with E-state index in [0.717, 1.165) is 49.6 Å². The summed E-state index contributed by atoms with van der Waals surface area (Å²) in [6.07, 6.45) is 9.43. The first-order chi connectivity index (χ1) is 23.8. The molecule has 0 atom stereocenters. The van der Waals surface area contributed by atoms with Crippen LogP contribution in [0.2, 0.25) is 0 Å². The number of hydrogen-bond acceptors (Lipinski definition) is 12. The van der Waals surface area contributed by atoms with Crippen LogP contribution >= 0.6 is 0 Å². The molecule has 0 amide bonds. The first kappa shape index (κ1) is 53.6. The van der Waals surface area contributed by atoms with Crippen molar-refractivity contribution in [3.8, 4) is 0 Å². The molecule has 0 aromatic carbocycles. The highest BCUT2D eigenvalue weighted by molar-refractivity contribution is 5.36. The second kappa shape index (κ2) is 35.6. The molecule has 15 heteroatoms. The maximum absolute atomic E-state index is 8.62. The van der Waals surface area contributed by atoms with Crippen LogP contribution in [0.15, 0.2) is 18.2 Å². The van der Waals surface area contributed by atoms with E-state index >= 15 is 0 Å². The molecule has 306 valence electrons. The SMILES string of the molecule is CC.CC.CC(C)(C)c1cc(N)n[nH]1.CCCCN.CCCCN.CCCCNO.Cc1cc(NO)n(C)n1.Cn1nc(C2CC2)cc1NO.[HH].[HH].[HH].[HH].[HH]. The number of nitrogens with two attached hydrogens (primary N) is 3. The maximum Gasteiger partial charge on any atom is 0.147 e. The van der Waals surface area contributed by atoms with Crippen LogP contribution < -0.4 is 33.6 Å². The molecular formula is C35H88N12O3. The van der Waals surface area contributed by atoms with Crippen LogP contribution in [-0.2, 0) is 19.5 Å². The van der Waals surface area contributed by atoms with Crippen molar-refractivity contribution >= 4 is 17.5 Å². The summed E-state index contributed by atoms with van der Waals surface area (Å²) >= 11 is 0. The number of rotatable bonds is 10. The molecule has 1 fully saturated rings. The number of H-pyrrole nitrogens is 1. The van der Waals surface area contributed by atoms with Crippen molar-refractivity contribution in [2.75, 3.05) is 36.3 Å². The molecule has 13 N–H and O–H groups in total. The molecule has 0 radical (unpaired) electrons. The Hall–Kier alpha value is -3.21. The van der Waals surface area contributed by atoms with E-state index in [-0.39, 0.29) is 12.5 Å². The second-order valence-electron chi connectivity index (χ2n) is 11.9. The molecule has 1 aliphatic carbocycles. The quantitative estimate of drug-likeness (QED) is 0.0700. The molecule has 3 aromatic heterocycles. The maximum atomic E-state index is 8.62. The predicted molar refractivity (Wildman–Crippen MR) is 222 cm³/mol. The number of nitrogens with zero attached hydrogens (tertiary/aromatic N) is 5. The first-order valence-electron chi connectivity index (χ1n) is 18.2. The lowest BCUT2D eigenvalue weighted by Gasteiger charge is -2.14. The Morgan fingerprint density at radius 2 is 1.28 bits per heavy atom. The number of nitrogens with one attached hydrogen (secondary N) is 4. The van der Waals surface area contributed by atoms with Crippen LogP contribution in [0.1, 0.15) is 151 Å². The molecule has 1 saturated carbocycles. The van der Waals surface area contributed by atoms with Gasteiger partial charge in [-0.1, -0.05) is 88.5 Å². The number of aryl methyl sites for hydroxylation is 3. The first-order valence-corrected chi connectivity index (χ1v) is 18.2. The van der Waals surface area contributed by atoms with Crippen molar-refractivity contribution in [3.63, 3.8) is 0 Å². The predicted octanol–water partition coefficient (Wildman–Crippen LogP) is 8.46. The molecule has 0 saturated heterocycles. The molecule has 1 aliphatic rings.